The molecule has 5 nitrogen and oxygen atoms in total. The Balaban J connectivity index is 1.33. The molecule has 2 saturated heterocycles. The molecule has 36 heavy (non-hydrogen) atoms. The molecule has 2 aromatic rings. The lowest BCUT2D eigenvalue weighted by Crippen LogP contribution is -2.66. The summed E-state index contributed by atoms with van der Waals surface area (Å²) in [6.45, 7) is 8.13. The van der Waals surface area contributed by atoms with E-state index in [0.29, 0.717) is 23.6 Å². The number of hydrogen-bond donors (Lipinski definition) is 1. The number of aromatic amines is 1. The fraction of sp³-hybridized carbons (Fsp3) is 0.613. The topological polar surface area (TPSA) is 56.4 Å². The zero-order chi connectivity index (χ0) is 24.7. The van der Waals surface area contributed by atoms with Gasteiger partial charge in [0, 0.05) is 36.7 Å². The maximum absolute atomic E-state index is 13.7. The van der Waals surface area contributed by atoms with Gasteiger partial charge in [-0.05, 0) is 98.8 Å². The van der Waals surface area contributed by atoms with Crippen molar-refractivity contribution in [3.05, 3.63) is 69.6 Å². The lowest BCUT2D eigenvalue weighted by molar-refractivity contribution is -0.0870. The summed E-state index contributed by atoms with van der Waals surface area (Å²) in [7, 11) is 0. The first kappa shape index (κ1) is 22.8. The molecule has 1 aromatic carbocycles. The summed E-state index contributed by atoms with van der Waals surface area (Å²) >= 11 is 0. The molecule has 6 atom stereocenters. The number of likely N-dealkylation sites (tertiary alicyclic amines) is 2. The van der Waals surface area contributed by atoms with Crippen molar-refractivity contribution in [3.63, 3.8) is 0 Å². The predicted molar refractivity (Wildman–Crippen MR) is 141 cm³/mol. The van der Waals surface area contributed by atoms with Gasteiger partial charge in [-0.1, -0.05) is 37.3 Å². The van der Waals surface area contributed by atoms with Gasteiger partial charge < -0.3 is 9.88 Å². The van der Waals surface area contributed by atoms with Gasteiger partial charge >= 0.3 is 0 Å². The van der Waals surface area contributed by atoms with Crippen LogP contribution in [0.4, 0.5) is 0 Å². The third-order valence-corrected chi connectivity index (χ3v) is 11.2. The fourth-order valence-electron chi connectivity index (χ4n) is 9.70. The third kappa shape index (κ3) is 2.98. The molecule has 5 fully saturated rings. The quantitative estimate of drug-likeness (QED) is 0.672. The van der Waals surface area contributed by atoms with Crippen LogP contribution in [0, 0.1) is 23.2 Å². The number of aryl methyl sites for hydroxylation is 1. The van der Waals surface area contributed by atoms with Gasteiger partial charge in [-0.25, -0.2) is 0 Å². The van der Waals surface area contributed by atoms with E-state index in [2.05, 4.69) is 52.9 Å². The Kier molecular flexibility index (Phi) is 5.09. The maximum atomic E-state index is 13.7. The molecule has 1 amide bonds. The van der Waals surface area contributed by atoms with Crippen molar-refractivity contribution < 1.29 is 4.79 Å². The monoisotopic (exact) mass is 485 g/mol. The minimum atomic E-state index is -0.201. The van der Waals surface area contributed by atoms with E-state index in [4.69, 9.17) is 0 Å². The highest BCUT2D eigenvalue weighted by Gasteiger charge is 2.74. The van der Waals surface area contributed by atoms with E-state index in [0.717, 1.165) is 25.3 Å². The summed E-state index contributed by atoms with van der Waals surface area (Å²) in [6, 6.07) is 15.1. The number of H-pyrrole nitrogens is 1. The summed E-state index contributed by atoms with van der Waals surface area (Å²) in [5.74, 6) is 1.96. The molecule has 3 heterocycles. The van der Waals surface area contributed by atoms with E-state index in [-0.39, 0.29) is 28.3 Å². The van der Waals surface area contributed by atoms with E-state index in [1.807, 2.05) is 0 Å². The Morgan fingerprint density at radius 2 is 1.92 bits per heavy atom. The van der Waals surface area contributed by atoms with Crippen LogP contribution in [0.1, 0.15) is 74.0 Å². The van der Waals surface area contributed by atoms with Gasteiger partial charge in [0.25, 0.3) is 5.91 Å². The van der Waals surface area contributed by atoms with Gasteiger partial charge in [0.15, 0.2) is 0 Å². The molecule has 3 saturated carbocycles. The van der Waals surface area contributed by atoms with Crippen molar-refractivity contribution in [2.45, 2.75) is 76.3 Å². The van der Waals surface area contributed by atoms with Gasteiger partial charge in [0.05, 0.1) is 0 Å². The Morgan fingerprint density at radius 1 is 1.08 bits per heavy atom. The Bertz CT molecular complexity index is 1250. The first-order valence-corrected chi connectivity index (χ1v) is 14.3. The lowest BCUT2D eigenvalue weighted by atomic mass is 9.46. The normalized spacial score (nSPS) is 37.2. The van der Waals surface area contributed by atoms with Crippen LogP contribution in [-0.2, 0) is 11.8 Å². The Labute approximate surface area is 214 Å². The summed E-state index contributed by atoms with van der Waals surface area (Å²) in [6.07, 6.45) is 8.59. The molecule has 2 bridgehead atoms. The first-order valence-electron chi connectivity index (χ1n) is 14.3. The lowest BCUT2D eigenvalue weighted by Gasteiger charge is -2.63. The second-order valence-electron chi connectivity index (χ2n) is 12.5. The SMILES string of the molecule is CCc1ccccc1C12CCN(CC3CC3)C(C)C13CCC1C2[C@@H](CN1C(=O)c1cccc(=O)[nH]1)C3. The minimum absolute atomic E-state index is 0.0118. The van der Waals surface area contributed by atoms with Crippen molar-refractivity contribution in [1.82, 2.24) is 14.8 Å². The number of hydrogen-bond acceptors (Lipinski definition) is 3. The highest BCUT2D eigenvalue weighted by molar-refractivity contribution is 5.92. The number of piperidine rings is 1. The van der Waals surface area contributed by atoms with Gasteiger partial charge in [0.1, 0.15) is 5.69 Å². The van der Waals surface area contributed by atoms with Crippen LogP contribution in [0.25, 0.3) is 0 Å². The van der Waals surface area contributed by atoms with Crippen molar-refractivity contribution in [3.8, 4) is 0 Å². The van der Waals surface area contributed by atoms with Crippen LogP contribution in [-0.4, -0.2) is 52.4 Å². The van der Waals surface area contributed by atoms with E-state index < -0.39 is 0 Å². The van der Waals surface area contributed by atoms with Crippen LogP contribution in [0.15, 0.2) is 47.3 Å². The van der Waals surface area contributed by atoms with Crippen LogP contribution < -0.4 is 5.56 Å². The molecule has 190 valence electrons. The average molecular weight is 486 g/mol. The molecular formula is C31H39N3O2. The Hall–Kier alpha value is -2.40. The molecule has 0 spiro atoms. The van der Waals surface area contributed by atoms with E-state index >= 15 is 0 Å². The molecule has 5 heteroatoms. The first-order chi connectivity index (χ1) is 17.5. The van der Waals surface area contributed by atoms with Crippen LogP contribution >= 0.6 is 0 Å². The molecule has 2 aliphatic heterocycles. The zero-order valence-corrected chi connectivity index (χ0v) is 21.7. The number of carbonyl (C=O) groups excluding carboxylic acids is 1. The van der Waals surface area contributed by atoms with Crippen LogP contribution in [0.3, 0.4) is 0 Å². The third-order valence-electron chi connectivity index (χ3n) is 11.2. The fourth-order valence-corrected chi connectivity index (χ4v) is 9.70. The van der Waals surface area contributed by atoms with Gasteiger partial charge in [-0.3, -0.25) is 14.5 Å². The second-order valence-corrected chi connectivity index (χ2v) is 12.5. The standard InChI is InChI=1S/C31H39N3O2/c1-3-22-7-4-5-8-24(22)31-15-16-33(18-21-11-12-21)20(2)30(31)14-13-26-28(31)23(17-30)19-34(26)29(36)25-9-6-10-27(35)32-25/h4-10,20-21,23,26,28H,3,11-19H2,1-2H3,(H,32,35)/t20?,23-,26?,28?,30?,31?/m1/s1. The Morgan fingerprint density at radius 3 is 2.69 bits per heavy atom. The van der Waals surface area contributed by atoms with Crippen LogP contribution in [0.5, 0.6) is 0 Å². The number of aromatic nitrogens is 1. The number of nitrogens with zero attached hydrogens (tertiary/aromatic N) is 2. The number of benzene rings is 1. The zero-order valence-electron chi connectivity index (χ0n) is 21.7. The van der Waals surface area contributed by atoms with Gasteiger partial charge in [0.2, 0.25) is 5.56 Å². The highest BCUT2D eigenvalue weighted by atomic mass is 16.2. The summed E-state index contributed by atoms with van der Waals surface area (Å²) in [5, 5.41) is 0. The van der Waals surface area contributed by atoms with E-state index in [1.54, 1.807) is 17.7 Å². The molecule has 5 aliphatic rings. The molecule has 0 radical (unpaired) electrons. The number of nitrogens with one attached hydrogen (secondary N) is 1. The summed E-state index contributed by atoms with van der Waals surface area (Å²) < 4.78 is 0. The number of pyridine rings is 1. The smallest absolute Gasteiger partial charge is 0.270 e. The molecule has 5 unspecified atom stereocenters. The summed E-state index contributed by atoms with van der Waals surface area (Å²) in [4.78, 5) is 33.5. The number of carbonyl (C=O) groups is 1. The highest BCUT2D eigenvalue weighted by Crippen LogP contribution is 2.73. The number of amides is 1. The van der Waals surface area contributed by atoms with Crippen molar-refractivity contribution in [1.29, 1.82) is 0 Å². The molecule has 7 rings (SSSR count). The van der Waals surface area contributed by atoms with E-state index in [9.17, 15) is 9.59 Å². The van der Waals surface area contributed by atoms with Crippen molar-refractivity contribution >= 4 is 5.91 Å². The van der Waals surface area contributed by atoms with Gasteiger partial charge in [-0.2, -0.15) is 0 Å². The number of rotatable bonds is 5. The molecule has 1 N–H and O–H groups in total. The molecular weight excluding hydrogens is 446 g/mol. The predicted octanol–water partition coefficient (Wildman–Crippen LogP) is 4.62. The van der Waals surface area contributed by atoms with E-state index in [1.165, 1.54) is 56.8 Å². The van der Waals surface area contributed by atoms with Crippen molar-refractivity contribution in [2.24, 2.45) is 23.2 Å². The average Bonchev–Trinajstić information content (AvgIpc) is 3.60. The minimum Gasteiger partial charge on any atom is -0.334 e. The molecule has 3 aliphatic carbocycles. The largest absolute Gasteiger partial charge is 0.334 e. The van der Waals surface area contributed by atoms with Crippen LogP contribution in [0.2, 0.25) is 0 Å². The summed E-state index contributed by atoms with van der Waals surface area (Å²) in [5.41, 5.74) is 3.75. The maximum Gasteiger partial charge on any atom is 0.270 e. The second kappa shape index (κ2) is 8.05. The van der Waals surface area contributed by atoms with Gasteiger partial charge in [-0.15, -0.1) is 0 Å². The molecule has 1 aromatic heterocycles. The van der Waals surface area contributed by atoms with Crippen molar-refractivity contribution in [2.75, 3.05) is 19.6 Å².